The van der Waals surface area contributed by atoms with Gasteiger partial charge in [-0.15, -0.1) is 0 Å². The fourth-order valence-corrected chi connectivity index (χ4v) is 1.19. The molecule has 0 aliphatic carbocycles. The summed E-state index contributed by atoms with van der Waals surface area (Å²) in [6.07, 6.45) is 0. The van der Waals surface area contributed by atoms with E-state index >= 15 is 0 Å². The molecule has 0 bridgehead atoms. The van der Waals surface area contributed by atoms with Gasteiger partial charge >= 0.3 is 5.97 Å². The van der Waals surface area contributed by atoms with Gasteiger partial charge in [0.05, 0.1) is 12.7 Å². The van der Waals surface area contributed by atoms with Crippen LogP contribution in [-0.2, 0) is 4.74 Å². The number of carbonyl (C=O) groups excluding carboxylic acids is 1. The standard InChI is InChI=1S/C9H9ClO2/c1-6-5-7(10)3-4-8(6)9(11)12-2/h3-5H,1-2H3. The van der Waals surface area contributed by atoms with Crippen LogP contribution in [0.15, 0.2) is 18.2 Å². The van der Waals surface area contributed by atoms with Gasteiger partial charge in [-0.2, -0.15) is 0 Å². The van der Waals surface area contributed by atoms with Gasteiger partial charge in [0.25, 0.3) is 0 Å². The monoisotopic (exact) mass is 184 g/mol. The van der Waals surface area contributed by atoms with Crippen LogP contribution in [0.5, 0.6) is 0 Å². The lowest BCUT2D eigenvalue weighted by Crippen LogP contribution is -2.03. The summed E-state index contributed by atoms with van der Waals surface area (Å²) in [5, 5.41) is 0.625. The summed E-state index contributed by atoms with van der Waals surface area (Å²) in [6, 6.07) is 5.05. The first-order chi connectivity index (χ1) is 5.65. The largest absolute Gasteiger partial charge is 0.465 e. The van der Waals surface area contributed by atoms with Crippen molar-refractivity contribution in [3.63, 3.8) is 0 Å². The van der Waals surface area contributed by atoms with Crippen molar-refractivity contribution >= 4 is 17.6 Å². The highest BCUT2D eigenvalue weighted by atomic mass is 35.5. The molecule has 64 valence electrons. The Labute approximate surface area is 76.1 Å². The summed E-state index contributed by atoms with van der Waals surface area (Å²) in [4.78, 5) is 11.1. The Hall–Kier alpha value is -1.02. The van der Waals surface area contributed by atoms with Crippen LogP contribution >= 0.6 is 11.6 Å². The Morgan fingerprint density at radius 1 is 1.50 bits per heavy atom. The van der Waals surface area contributed by atoms with Gasteiger partial charge in [-0.25, -0.2) is 4.79 Å². The Kier molecular flexibility index (Phi) is 2.71. The van der Waals surface area contributed by atoms with E-state index in [1.807, 2.05) is 6.92 Å². The second-order valence-electron chi connectivity index (χ2n) is 2.45. The Bertz CT molecular complexity index is 307. The minimum Gasteiger partial charge on any atom is -0.465 e. The number of rotatable bonds is 1. The van der Waals surface area contributed by atoms with Gasteiger partial charge in [-0.1, -0.05) is 11.6 Å². The Morgan fingerprint density at radius 2 is 2.17 bits per heavy atom. The topological polar surface area (TPSA) is 26.3 Å². The first-order valence-electron chi connectivity index (χ1n) is 3.49. The molecule has 0 atom stereocenters. The van der Waals surface area contributed by atoms with E-state index in [9.17, 15) is 4.79 Å². The average molecular weight is 185 g/mol. The number of hydrogen-bond acceptors (Lipinski definition) is 2. The van der Waals surface area contributed by atoms with E-state index in [1.165, 1.54) is 7.11 Å². The SMILES string of the molecule is COC(=O)c1ccc(Cl)cc1C. The van der Waals surface area contributed by atoms with Gasteiger partial charge in [0.1, 0.15) is 0 Å². The lowest BCUT2D eigenvalue weighted by Gasteiger charge is -2.02. The molecule has 1 rings (SSSR count). The van der Waals surface area contributed by atoms with E-state index in [1.54, 1.807) is 18.2 Å². The van der Waals surface area contributed by atoms with E-state index in [4.69, 9.17) is 11.6 Å². The molecule has 1 aromatic rings. The third kappa shape index (κ3) is 1.77. The van der Waals surface area contributed by atoms with Crippen molar-refractivity contribution in [1.29, 1.82) is 0 Å². The van der Waals surface area contributed by atoms with Crippen molar-refractivity contribution in [2.45, 2.75) is 6.92 Å². The molecule has 0 fully saturated rings. The number of methoxy groups -OCH3 is 1. The van der Waals surface area contributed by atoms with Gasteiger partial charge in [-0.3, -0.25) is 0 Å². The zero-order valence-electron chi connectivity index (χ0n) is 6.93. The van der Waals surface area contributed by atoms with Crippen LogP contribution < -0.4 is 0 Å². The quantitative estimate of drug-likeness (QED) is 0.627. The average Bonchev–Trinajstić information content (AvgIpc) is 2.03. The highest BCUT2D eigenvalue weighted by Crippen LogP contribution is 2.15. The maximum absolute atomic E-state index is 11.1. The van der Waals surface area contributed by atoms with Gasteiger partial charge in [0.2, 0.25) is 0 Å². The molecular formula is C9H9ClO2. The fourth-order valence-electron chi connectivity index (χ4n) is 0.966. The van der Waals surface area contributed by atoms with Crippen LogP contribution in [0.3, 0.4) is 0 Å². The highest BCUT2D eigenvalue weighted by Gasteiger charge is 2.07. The normalized spacial score (nSPS) is 9.58. The molecule has 0 radical (unpaired) electrons. The zero-order chi connectivity index (χ0) is 9.14. The molecule has 12 heavy (non-hydrogen) atoms. The van der Waals surface area contributed by atoms with Crippen LogP contribution in [0.2, 0.25) is 5.02 Å². The van der Waals surface area contributed by atoms with Gasteiger partial charge in [0, 0.05) is 5.02 Å². The number of aryl methyl sites for hydroxylation is 1. The predicted octanol–water partition coefficient (Wildman–Crippen LogP) is 2.44. The summed E-state index contributed by atoms with van der Waals surface area (Å²) in [5.41, 5.74) is 1.39. The summed E-state index contributed by atoms with van der Waals surface area (Å²) >= 11 is 5.71. The lowest BCUT2D eigenvalue weighted by molar-refractivity contribution is 0.0600. The fraction of sp³-hybridized carbons (Fsp3) is 0.222. The van der Waals surface area contributed by atoms with Gasteiger partial charge < -0.3 is 4.74 Å². The van der Waals surface area contributed by atoms with Gasteiger partial charge in [0.15, 0.2) is 0 Å². The third-order valence-corrected chi connectivity index (χ3v) is 1.83. The molecule has 0 unspecified atom stereocenters. The predicted molar refractivity (Wildman–Crippen MR) is 47.5 cm³/mol. The minimum absolute atomic E-state index is 0.329. The van der Waals surface area contributed by atoms with Crippen LogP contribution in [0.25, 0.3) is 0 Å². The van der Waals surface area contributed by atoms with Crippen molar-refractivity contribution in [1.82, 2.24) is 0 Å². The highest BCUT2D eigenvalue weighted by molar-refractivity contribution is 6.30. The van der Waals surface area contributed by atoms with Crippen molar-refractivity contribution < 1.29 is 9.53 Å². The Balaban J connectivity index is 3.09. The number of benzene rings is 1. The molecule has 2 nitrogen and oxygen atoms in total. The van der Waals surface area contributed by atoms with E-state index in [2.05, 4.69) is 4.74 Å². The third-order valence-electron chi connectivity index (χ3n) is 1.59. The molecule has 0 N–H and O–H groups in total. The first kappa shape index (κ1) is 9.07. The molecule has 1 aromatic carbocycles. The smallest absolute Gasteiger partial charge is 0.338 e. The molecule has 0 spiro atoms. The van der Waals surface area contributed by atoms with E-state index in [0.717, 1.165) is 5.56 Å². The summed E-state index contributed by atoms with van der Waals surface area (Å²) in [5.74, 6) is -0.329. The molecule has 0 aliphatic heterocycles. The van der Waals surface area contributed by atoms with Gasteiger partial charge in [-0.05, 0) is 30.7 Å². The van der Waals surface area contributed by atoms with Crippen molar-refractivity contribution in [3.8, 4) is 0 Å². The van der Waals surface area contributed by atoms with Crippen LogP contribution in [-0.4, -0.2) is 13.1 Å². The summed E-state index contributed by atoms with van der Waals surface area (Å²) in [7, 11) is 1.36. The van der Waals surface area contributed by atoms with Crippen LogP contribution in [0, 0.1) is 6.92 Å². The molecule has 0 aromatic heterocycles. The molecule has 0 heterocycles. The molecular weight excluding hydrogens is 176 g/mol. The number of hydrogen-bond donors (Lipinski definition) is 0. The molecule has 0 amide bonds. The molecule has 0 saturated carbocycles. The Morgan fingerprint density at radius 3 is 2.67 bits per heavy atom. The molecule has 0 saturated heterocycles. The van der Waals surface area contributed by atoms with E-state index in [0.29, 0.717) is 10.6 Å². The number of carbonyl (C=O) groups is 1. The summed E-state index contributed by atoms with van der Waals surface area (Å²) < 4.78 is 4.57. The number of halogens is 1. The number of esters is 1. The van der Waals surface area contributed by atoms with Crippen molar-refractivity contribution in [2.75, 3.05) is 7.11 Å². The summed E-state index contributed by atoms with van der Waals surface area (Å²) in [6.45, 7) is 1.82. The van der Waals surface area contributed by atoms with E-state index in [-0.39, 0.29) is 5.97 Å². The second-order valence-corrected chi connectivity index (χ2v) is 2.89. The minimum atomic E-state index is -0.329. The molecule has 3 heteroatoms. The number of ether oxygens (including phenoxy) is 1. The van der Waals surface area contributed by atoms with Crippen molar-refractivity contribution in [2.24, 2.45) is 0 Å². The maximum Gasteiger partial charge on any atom is 0.338 e. The molecule has 0 aliphatic rings. The maximum atomic E-state index is 11.1. The lowest BCUT2D eigenvalue weighted by atomic mass is 10.1. The first-order valence-corrected chi connectivity index (χ1v) is 3.87. The van der Waals surface area contributed by atoms with Crippen LogP contribution in [0.1, 0.15) is 15.9 Å². The van der Waals surface area contributed by atoms with E-state index < -0.39 is 0 Å². The zero-order valence-corrected chi connectivity index (χ0v) is 7.68. The second kappa shape index (κ2) is 3.59. The van der Waals surface area contributed by atoms with Crippen molar-refractivity contribution in [3.05, 3.63) is 34.3 Å². The van der Waals surface area contributed by atoms with Crippen LogP contribution in [0.4, 0.5) is 0 Å².